The standard InChI is InChI=1S/C14H21N7S.HI/c1-19-11-12(10-18-19)2-3-16-13(15)20-5-7-21(8-6-20)14-17-4-9-22-14;/h4,9-11H,2-3,5-8H2,1H3,(H2,15,16);1H. The van der Waals surface area contributed by atoms with Gasteiger partial charge in [-0.2, -0.15) is 5.10 Å². The number of aryl methyl sites for hydroxylation is 1. The largest absolute Gasteiger partial charge is 0.370 e. The number of aliphatic imine (C=N–C) groups is 1. The fourth-order valence-corrected chi connectivity index (χ4v) is 3.20. The summed E-state index contributed by atoms with van der Waals surface area (Å²) in [6.07, 6.45) is 6.60. The van der Waals surface area contributed by atoms with Gasteiger partial charge in [0.05, 0.1) is 6.20 Å². The van der Waals surface area contributed by atoms with Crippen LogP contribution in [0.3, 0.4) is 0 Å². The molecule has 3 rings (SSSR count). The lowest BCUT2D eigenvalue weighted by atomic mass is 10.2. The third-order valence-electron chi connectivity index (χ3n) is 3.73. The summed E-state index contributed by atoms with van der Waals surface area (Å²) in [5, 5.41) is 7.25. The van der Waals surface area contributed by atoms with Crippen molar-refractivity contribution in [3.05, 3.63) is 29.5 Å². The number of halogens is 1. The molecule has 1 aliphatic heterocycles. The van der Waals surface area contributed by atoms with Gasteiger partial charge in [0.15, 0.2) is 11.1 Å². The van der Waals surface area contributed by atoms with Gasteiger partial charge in [-0.15, -0.1) is 35.3 Å². The number of nitrogens with zero attached hydrogens (tertiary/aromatic N) is 6. The minimum Gasteiger partial charge on any atom is -0.370 e. The van der Waals surface area contributed by atoms with E-state index in [0.717, 1.165) is 37.7 Å². The molecular weight excluding hydrogens is 425 g/mol. The van der Waals surface area contributed by atoms with E-state index in [0.29, 0.717) is 12.5 Å². The van der Waals surface area contributed by atoms with Crippen molar-refractivity contribution in [2.45, 2.75) is 6.42 Å². The maximum atomic E-state index is 6.11. The summed E-state index contributed by atoms with van der Waals surface area (Å²) in [4.78, 5) is 13.3. The summed E-state index contributed by atoms with van der Waals surface area (Å²) in [5.41, 5.74) is 7.29. The zero-order valence-corrected chi connectivity index (χ0v) is 16.3. The summed E-state index contributed by atoms with van der Waals surface area (Å²) >= 11 is 1.68. The van der Waals surface area contributed by atoms with Crippen LogP contribution in [0.4, 0.5) is 5.13 Å². The van der Waals surface area contributed by atoms with E-state index in [1.165, 1.54) is 5.56 Å². The summed E-state index contributed by atoms with van der Waals surface area (Å²) in [7, 11) is 1.92. The predicted molar refractivity (Wildman–Crippen MR) is 105 cm³/mol. The van der Waals surface area contributed by atoms with Gasteiger partial charge >= 0.3 is 0 Å². The van der Waals surface area contributed by atoms with Crippen LogP contribution in [-0.2, 0) is 13.5 Å². The Kier molecular flexibility index (Phi) is 6.63. The highest BCUT2D eigenvalue weighted by Gasteiger charge is 2.19. The molecule has 7 nitrogen and oxygen atoms in total. The van der Waals surface area contributed by atoms with E-state index in [4.69, 9.17) is 5.73 Å². The Hall–Kier alpha value is -1.36. The van der Waals surface area contributed by atoms with Crippen molar-refractivity contribution in [2.24, 2.45) is 17.8 Å². The quantitative estimate of drug-likeness (QED) is 0.433. The van der Waals surface area contributed by atoms with Crippen molar-refractivity contribution in [2.75, 3.05) is 37.6 Å². The van der Waals surface area contributed by atoms with Crippen molar-refractivity contribution in [3.63, 3.8) is 0 Å². The van der Waals surface area contributed by atoms with E-state index >= 15 is 0 Å². The average Bonchev–Trinajstić information content (AvgIpc) is 3.19. The fourth-order valence-electron chi connectivity index (χ4n) is 2.50. The molecule has 126 valence electrons. The van der Waals surface area contributed by atoms with E-state index in [1.54, 1.807) is 16.0 Å². The van der Waals surface area contributed by atoms with E-state index < -0.39 is 0 Å². The Morgan fingerprint density at radius 1 is 1.35 bits per heavy atom. The second-order valence-corrected chi connectivity index (χ2v) is 6.17. The van der Waals surface area contributed by atoms with Gasteiger partial charge in [-0.3, -0.25) is 9.67 Å². The smallest absolute Gasteiger partial charge is 0.191 e. The van der Waals surface area contributed by atoms with Gasteiger partial charge in [-0.25, -0.2) is 4.98 Å². The molecule has 0 unspecified atom stereocenters. The summed E-state index contributed by atoms with van der Waals surface area (Å²) in [6.45, 7) is 4.35. The first kappa shape index (κ1) is 18.0. The number of thiazole rings is 1. The monoisotopic (exact) mass is 447 g/mol. The van der Waals surface area contributed by atoms with Gasteiger partial charge in [-0.1, -0.05) is 0 Å². The van der Waals surface area contributed by atoms with Crippen molar-refractivity contribution in [1.82, 2.24) is 19.7 Å². The van der Waals surface area contributed by atoms with Gasteiger partial charge in [0.2, 0.25) is 0 Å². The highest BCUT2D eigenvalue weighted by Crippen LogP contribution is 2.18. The van der Waals surface area contributed by atoms with Crippen LogP contribution < -0.4 is 10.6 Å². The maximum absolute atomic E-state index is 6.11. The Morgan fingerprint density at radius 2 is 2.13 bits per heavy atom. The molecule has 0 aromatic carbocycles. The number of hydrogen-bond donors (Lipinski definition) is 1. The SMILES string of the molecule is Cn1cc(CCN=C(N)N2CCN(c3nccs3)CC2)cn1.I. The van der Waals surface area contributed by atoms with Crippen LogP contribution in [0.5, 0.6) is 0 Å². The van der Waals surface area contributed by atoms with Gasteiger partial charge in [0.25, 0.3) is 0 Å². The lowest BCUT2D eigenvalue weighted by Crippen LogP contribution is -2.51. The van der Waals surface area contributed by atoms with Crippen molar-refractivity contribution < 1.29 is 0 Å². The molecule has 3 heterocycles. The van der Waals surface area contributed by atoms with Crippen LogP contribution in [0.2, 0.25) is 0 Å². The first-order valence-electron chi connectivity index (χ1n) is 7.39. The third-order valence-corrected chi connectivity index (χ3v) is 4.56. The second-order valence-electron chi connectivity index (χ2n) is 5.30. The molecule has 0 amide bonds. The van der Waals surface area contributed by atoms with Gasteiger partial charge in [-0.05, 0) is 12.0 Å². The number of piperazine rings is 1. The number of rotatable bonds is 4. The number of anilines is 1. The van der Waals surface area contributed by atoms with E-state index in [9.17, 15) is 0 Å². The molecule has 0 aliphatic carbocycles. The number of nitrogens with two attached hydrogens (primary N) is 1. The Bertz CT molecular complexity index is 617. The average molecular weight is 447 g/mol. The maximum Gasteiger partial charge on any atom is 0.191 e. The molecule has 2 aromatic heterocycles. The fraction of sp³-hybridized carbons (Fsp3) is 0.500. The molecular formula is C14H22IN7S. The number of guanidine groups is 1. The summed E-state index contributed by atoms with van der Waals surface area (Å²) in [6, 6.07) is 0. The topological polar surface area (TPSA) is 75.6 Å². The minimum atomic E-state index is 0. The molecule has 1 saturated heterocycles. The molecule has 0 spiro atoms. The molecule has 0 radical (unpaired) electrons. The van der Waals surface area contributed by atoms with Crippen LogP contribution in [0.15, 0.2) is 29.0 Å². The van der Waals surface area contributed by atoms with Crippen LogP contribution >= 0.6 is 35.3 Å². The molecule has 2 aromatic rings. The molecule has 1 fully saturated rings. The zero-order valence-electron chi connectivity index (χ0n) is 13.1. The van der Waals surface area contributed by atoms with Crippen molar-refractivity contribution >= 4 is 46.4 Å². The lowest BCUT2D eigenvalue weighted by Gasteiger charge is -2.35. The second kappa shape index (κ2) is 8.48. The van der Waals surface area contributed by atoms with Crippen LogP contribution in [-0.4, -0.2) is 58.3 Å². The molecule has 23 heavy (non-hydrogen) atoms. The third kappa shape index (κ3) is 4.80. The highest BCUT2D eigenvalue weighted by atomic mass is 127. The highest BCUT2D eigenvalue weighted by molar-refractivity contribution is 14.0. The molecule has 1 aliphatic rings. The van der Waals surface area contributed by atoms with Crippen LogP contribution in [0, 0.1) is 0 Å². The summed E-state index contributed by atoms with van der Waals surface area (Å²) in [5.74, 6) is 0.641. The first-order chi connectivity index (χ1) is 10.7. The van der Waals surface area contributed by atoms with E-state index in [2.05, 4.69) is 24.9 Å². The Labute approximate surface area is 157 Å². The van der Waals surface area contributed by atoms with Crippen molar-refractivity contribution in [1.29, 1.82) is 0 Å². The van der Waals surface area contributed by atoms with Gasteiger partial charge < -0.3 is 15.5 Å². The van der Waals surface area contributed by atoms with Crippen LogP contribution in [0.25, 0.3) is 0 Å². The Morgan fingerprint density at radius 3 is 2.74 bits per heavy atom. The Balaban J connectivity index is 0.00000192. The van der Waals surface area contributed by atoms with Gasteiger partial charge in [0, 0.05) is 57.5 Å². The van der Waals surface area contributed by atoms with E-state index in [1.807, 2.05) is 31.0 Å². The summed E-state index contributed by atoms with van der Waals surface area (Å²) < 4.78 is 1.81. The van der Waals surface area contributed by atoms with Gasteiger partial charge in [0.1, 0.15) is 0 Å². The van der Waals surface area contributed by atoms with Crippen LogP contribution in [0.1, 0.15) is 5.56 Å². The molecule has 0 atom stereocenters. The lowest BCUT2D eigenvalue weighted by molar-refractivity contribution is 0.380. The zero-order chi connectivity index (χ0) is 15.4. The minimum absolute atomic E-state index is 0. The predicted octanol–water partition coefficient (Wildman–Crippen LogP) is 1.17. The molecule has 9 heteroatoms. The molecule has 0 bridgehead atoms. The molecule has 0 saturated carbocycles. The van der Waals surface area contributed by atoms with Crippen molar-refractivity contribution in [3.8, 4) is 0 Å². The number of aromatic nitrogens is 3. The van der Waals surface area contributed by atoms with E-state index in [-0.39, 0.29) is 24.0 Å². The number of hydrogen-bond acceptors (Lipinski definition) is 5. The molecule has 2 N–H and O–H groups in total. The normalized spacial score (nSPS) is 15.6. The first-order valence-corrected chi connectivity index (χ1v) is 8.27.